The lowest BCUT2D eigenvalue weighted by Gasteiger charge is -2.24. The van der Waals surface area contributed by atoms with Crippen LogP contribution in [-0.4, -0.2) is 9.55 Å². The highest BCUT2D eigenvalue weighted by Gasteiger charge is 2.37. The molecule has 9 aromatic rings. The molecular weight excluding hydrogens is 605 g/mol. The van der Waals surface area contributed by atoms with Gasteiger partial charge in [-0.05, 0) is 104 Å². The summed E-state index contributed by atoms with van der Waals surface area (Å²) in [4.78, 5) is 4.63. The van der Waals surface area contributed by atoms with E-state index in [1.165, 1.54) is 77.4 Å². The van der Waals surface area contributed by atoms with Crippen LogP contribution in [0.5, 0.6) is 0 Å². The number of rotatable bonds is 4. The minimum Gasteiger partial charge on any atom is -0.309 e. The molecule has 0 unspecified atom stereocenters. The van der Waals surface area contributed by atoms with Gasteiger partial charge in [-0.3, -0.25) is 4.98 Å². The average molecular weight is 639 g/mol. The molecular formula is C48H34N2. The fourth-order valence-electron chi connectivity index (χ4n) is 8.62. The highest BCUT2D eigenvalue weighted by atomic mass is 15.0. The lowest BCUT2D eigenvalue weighted by atomic mass is 9.79. The molecule has 1 aliphatic carbocycles. The van der Waals surface area contributed by atoms with Gasteiger partial charge in [0.1, 0.15) is 0 Å². The zero-order chi connectivity index (χ0) is 33.4. The molecule has 2 heteroatoms. The van der Waals surface area contributed by atoms with Gasteiger partial charge in [0.25, 0.3) is 0 Å². The molecule has 1 aliphatic rings. The third-order valence-electron chi connectivity index (χ3n) is 10.8. The third kappa shape index (κ3) is 4.18. The van der Waals surface area contributed by atoms with Crippen molar-refractivity contribution in [3.63, 3.8) is 0 Å². The predicted octanol–water partition coefficient (Wildman–Crippen LogP) is 12.6. The van der Waals surface area contributed by atoms with Gasteiger partial charge in [0.2, 0.25) is 0 Å². The zero-order valence-electron chi connectivity index (χ0n) is 28.1. The second-order valence-corrected chi connectivity index (χ2v) is 14.0. The standard InChI is InChI=1S/C48H34N2/c1-48(2)42-22-8-6-17-38(42)40-21-11-20-37(47(40)48)33-25-26-44-41(30-33)46-36(19-12-24-45(46)50(44)34-15-4-3-5-16-34)32-14-10-13-31(29-32)35-27-28-49-43-23-9-7-18-39(35)43/h3-30H,1-2H3. The van der Waals surface area contributed by atoms with E-state index < -0.39 is 0 Å². The molecule has 0 bridgehead atoms. The summed E-state index contributed by atoms with van der Waals surface area (Å²) < 4.78 is 2.42. The number of benzene rings is 7. The van der Waals surface area contributed by atoms with Crippen LogP contribution in [0, 0.1) is 0 Å². The molecule has 2 aromatic heterocycles. The third-order valence-corrected chi connectivity index (χ3v) is 10.8. The van der Waals surface area contributed by atoms with Crippen molar-refractivity contribution < 1.29 is 0 Å². The molecule has 0 fully saturated rings. The van der Waals surface area contributed by atoms with E-state index in [1.54, 1.807) is 0 Å². The van der Waals surface area contributed by atoms with E-state index in [0.717, 1.165) is 16.6 Å². The summed E-state index contributed by atoms with van der Waals surface area (Å²) in [6, 6.07) is 59.9. The second-order valence-electron chi connectivity index (χ2n) is 14.0. The van der Waals surface area contributed by atoms with Crippen LogP contribution < -0.4 is 0 Å². The number of aromatic nitrogens is 2. The van der Waals surface area contributed by atoms with Gasteiger partial charge >= 0.3 is 0 Å². The van der Waals surface area contributed by atoms with Gasteiger partial charge in [-0.2, -0.15) is 0 Å². The van der Waals surface area contributed by atoms with Crippen molar-refractivity contribution >= 4 is 32.7 Å². The zero-order valence-corrected chi connectivity index (χ0v) is 28.1. The van der Waals surface area contributed by atoms with Crippen molar-refractivity contribution in [2.24, 2.45) is 0 Å². The topological polar surface area (TPSA) is 17.8 Å². The maximum Gasteiger partial charge on any atom is 0.0708 e. The maximum absolute atomic E-state index is 4.63. The molecule has 236 valence electrons. The van der Waals surface area contributed by atoms with Gasteiger partial charge < -0.3 is 4.57 Å². The van der Waals surface area contributed by atoms with Crippen molar-refractivity contribution in [2.45, 2.75) is 19.3 Å². The average Bonchev–Trinajstić information content (AvgIpc) is 3.63. The molecule has 0 saturated heterocycles. The first-order chi connectivity index (χ1) is 24.6. The monoisotopic (exact) mass is 638 g/mol. The van der Waals surface area contributed by atoms with Gasteiger partial charge in [-0.15, -0.1) is 0 Å². The summed E-state index contributed by atoms with van der Waals surface area (Å²) in [5, 5.41) is 3.68. The van der Waals surface area contributed by atoms with Gasteiger partial charge in [0.05, 0.1) is 16.6 Å². The Hall–Kier alpha value is -6.25. The van der Waals surface area contributed by atoms with Crippen molar-refractivity contribution in [3.05, 3.63) is 181 Å². The summed E-state index contributed by atoms with van der Waals surface area (Å²) in [5.74, 6) is 0. The van der Waals surface area contributed by atoms with E-state index in [-0.39, 0.29) is 5.41 Å². The molecule has 0 aliphatic heterocycles. The van der Waals surface area contributed by atoms with E-state index in [4.69, 9.17) is 0 Å². The Morgan fingerprint density at radius 2 is 1.14 bits per heavy atom. The van der Waals surface area contributed by atoms with Crippen molar-refractivity contribution in [1.29, 1.82) is 0 Å². The fourth-order valence-corrected chi connectivity index (χ4v) is 8.62. The molecule has 0 atom stereocenters. The summed E-state index contributed by atoms with van der Waals surface area (Å²) in [6.07, 6.45) is 1.92. The Balaban J connectivity index is 1.23. The van der Waals surface area contributed by atoms with E-state index in [0.29, 0.717) is 0 Å². The SMILES string of the molecule is CC1(C)c2ccccc2-c2cccc(-c3ccc4c(c3)c3c(-c5cccc(-c6ccnc7ccccc67)c5)cccc3n4-c3ccccc3)c21. The minimum atomic E-state index is -0.0990. The van der Waals surface area contributed by atoms with Crippen LogP contribution in [0.4, 0.5) is 0 Å². The first kappa shape index (κ1) is 28.7. The number of hydrogen-bond donors (Lipinski definition) is 0. The lowest BCUT2D eigenvalue weighted by Crippen LogP contribution is -2.16. The fraction of sp³-hybridized carbons (Fsp3) is 0.0625. The van der Waals surface area contributed by atoms with Crippen LogP contribution in [0.15, 0.2) is 170 Å². The molecule has 10 rings (SSSR count). The Kier molecular flexibility index (Phi) is 6.25. The quantitative estimate of drug-likeness (QED) is 0.188. The van der Waals surface area contributed by atoms with Gasteiger partial charge in [-0.25, -0.2) is 0 Å². The van der Waals surface area contributed by atoms with Crippen LogP contribution in [0.1, 0.15) is 25.0 Å². The summed E-state index contributed by atoms with van der Waals surface area (Å²) in [5.41, 5.74) is 17.3. The summed E-state index contributed by atoms with van der Waals surface area (Å²) in [7, 11) is 0. The Morgan fingerprint density at radius 3 is 2.04 bits per heavy atom. The second kappa shape index (κ2) is 10.9. The van der Waals surface area contributed by atoms with E-state index in [2.05, 4.69) is 187 Å². The van der Waals surface area contributed by atoms with Crippen LogP contribution in [0.3, 0.4) is 0 Å². The first-order valence-electron chi connectivity index (χ1n) is 17.4. The normalized spacial score (nSPS) is 13.2. The number of para-hydroxylation sites is 2. The summed E-state index contributed by atoms with van der Waals surface area (Å²) in [6.45, 7) is 4.75. The number of nitrogens with zero attached hydrogens (tertiary/aromatic N) is 2. The molecule has 0 amide bonds. The highest BCUT2D eigenvalue weighted by Crippen LogP contribution is 2.52. The molecule has 2 heterocycles. The molecule has 0 saturated carbocycles. The predicted molar refractivity (Wildman–Crippen MR) is 210 cm³/mol. The first-order valence-corrected chi connectivity index (χ1v) is 17.4. The van der Waals surface area contributed by atoms with E-state index >= 15 is 0 Å². The smallest absolute Gasteiger partial charge is 0.0708 e. The van der Waals surface area contributed by atoms with Crippen LogP contribution >= 0.6 is 0 Å². The Bertz CT molecular complexity index is 2780. The Morgan fingerprint density at radius 1 is 0.460 bits per heavy atom. The lowest BCUT2D eigenvalue weighted by molar-refractivity contribution is 0.662. The highest BCUT2D eigenvalue weighted by molar-refractivity contribution is 6.17. The number of pyridine rings is 1. The van der Waals surface area contributed by atoms with Crippen LogP contribution in [0.2, 0.25) is 0 Å². The largest absolute Gasteiger partial charge is 0.309 e. The molecule has 50 heavy (non-hydrogen) atoms. The van der Waals surface area contributed by atoms with Crippen LogP contribution in [0.25, 0.3) is 82.9 Å². The van der Waals surface area contributed by atoms with Crippen molar-refractivity contribution in [3.8, 4) is 50.2 Å². The van der Waals surface area contributed by atoms with Crippen LogP contribution in [-0.2, 0) is 5.41 Å². The summed E-state index contributed by atoms with van der Waals surface area (Å²) >= 11 is 0. The number of hydrogen-bond acceptors (Lipinski definition) is 1. The van der Waals surface area contributed by atoms with Crippen molar-refractivity contribution in [1.82, 2.24) is 9.55 Å². The molecule has 7 aromatic carbocycles. The van der Waals surface area contributed by atoms with Gasteiger partial charge in [-0.1, -0.05) is 129 Å². The maximum atomic E-state index is 4.63. The Labute approximate surface area is 291 Å². The minimum absolute atomic E-state index is 0.0990. The molecule has 0 spiro atoms. The van der Waals surface area contributed by atoms with E-state index in [1.807, 2.05) is 6.20 Å². The van der Waals surface area contributed by atoms with Gasteiger partial charge in [0, 0.05) is 33.5 Å². The molecule has 0 N–H and O–H groups in total. The number of fused-ring (bicyclic) bond motifs is 7. The molecule has 0 radical (unpaired) electrons. The van der Waals surface area contributed by atoms with Gasteiger partial charge in [0.15, 0.2) is 0 Å². The van der Waals surface area contributed by atoms with Crippen molar-refractivity contribution in [2.75, 3.05) is 0 Å². The molecule has 2 nitrogen and oxygen atoms in total. The van der Waals surface area contributed by atoms with E-state index in [9.17, 15) is 0 Å².